The van der Waals surface area contributed by atoms with E-state index < -0.39 is 0 Å². The Balaban J connectivity index is 2.72. The quantitative estimate of drug-likeness (QED) is 0.800. The molecule has 78 valence electrons. The molecule has 0 fully saturated rings. The van der Waals surface area contributed by atoms with E-state index >= 15 is 0 Å². The maximum absolute atomic E-state index is 11.8. The molecular weight excluding hydrogens is 222 g/mol. The molecule has 1 rings (SSSR count). The van der Waals surface area contributed by atoms with Crippen molar-refractivity contribution in [2.75, 3.05) is 13.1 Å². The van der Waals surface area contributed by atoms with Crippen molar-refractivity contribution in [3.8, 4) is 0 Å². The van der Waals surface area contributed by atoms with Gasteiger partial charge in [0.1, 0.15) is 0 Å². The lowest BCUT2D eigenvalue weighted by atomic mass is 10.4. The zero-order valence-corrected chi connectivity index (χ0v) is 9.73. The number of carbonyl (C=O) groups excluding carboxylic acids is 1. The molecule has 0 radical (unpaired) electrons. The Hall–Kier alpha value is -0.680. The molecule has 0 unspecified atom stereocenters. The number of rotatable bonds is 4. The number of nitrogens with zero attached hydrogens (tertiary/aromatic N) is 3. The third-order valence-electron chi connectivity index (χ3n) is 1.75. The summed E-state index contributed by atoms with van der Waals surface area (Å²) in [5.74, 6) is -0.0845. The van der Waals surface area contributed by atoms with Gasteiger partial charge in [0.2, 0.25) is 9.47 Å². The predicted octanol–water partition coefficient (Wildman–Crippen LogP) is 2.06. The maximum atomic E-state index is 11.8. The summed E-state index contributed by atoms with van der Waals surface area (Å²) in [4.78, 5) is 13.5. The number of carbonyl (C=O) groups is 1. The number of hydrogen-bond donors (Lipinski definition) is 0. The highest BCUT2D eigenvalue weighted by atomic mass is 35.5. The molecule has 0 spiro atoms. The number of amides is 1. The third-order valence-corrected chi connectivity index (χ3v) is 2.75. The van der Waals surface area contributed by atoms with Crippen molar-refractivity contribution in [1.29, 1.82) is 0 Å². The van der Waals surface area contributed by atoms with Crippen LogP contribution in [0.5, 0.6) is 0 Å². The SMILES string of the molecule is CCCN(CC)C(=O)c1nnc(Cl)s1. The van der Waals surface area contributed by atoms with E-state index in [2.05, 4.69) is 10.2 Å². The van der Waals surface area contributed by atoms with Crippen LogP contribution in [-0.4, -0.2) is 34.1 Å². The minimum absolute atomic E-state index is 0.0845. The molecule has 0 aliphatic heterocycles. The molecule has 1 heterocycles. The Labute approximate surface area is 91.9 Å². The fourth-order valence-corrected chi connectivity index (χ4v) is 1.90. The first-order valence-corrected chi connectivity index (χ1v) is 5.66. The van der Waals surface area contributed by atoms with Crippen molar-refractivity contribution in [2.45, 2.75) is 20.3 Å². The van der Waals surface area contributed by atoms with Gasteiger partial charge in [0.25, 0.3) is 5.91 Å². The maximum Gasteiger partial charge on any atom is 0.284 e. The van der Waals surface area contributed by atoms with E-state index in [-0.39, 0.29) is 5.91 Å². The Morgan fingerprint density at radius 2 is 2.21 bits per heavy atom. The molecule has 6 heteroatoms. The molecular formula is C8H12ClN3OS. The smallest absolute Gasteiger partial charge is 0.284 e. The molecule has 0 N–H and O–H groups in total. The highest BCUT2D eigenvalue weighted by Crippen LogP contribution is 2.16. The van der Waals surface area contributed by atoms with Crippen LogP contribution in [0.1, 0.15) is 30.1 Å². The molecule has 4 nitrogen and oxygen atoms in total. The second kappa shape index (κ2) is 5.26. The van der Waals surface area contributed by atoms with Gasteiger partial charge in [0, 0.05) is 13.1 Å². The molecule has 0 saturated carbocycles. The van der Waals surface area contributed by atoms with Crippen LogP contribution in [-0.2, 0) is 0 Å². The fourth-order valence-electron chi connectivity index (χ4n) is 1.10. The van der Waals surface area contributed by atoms with Crippen molar-refractivity contribution < 1.29 is 4.79 Å². The van der Waals surface area contributed by atoms with E-state index in [4.69, 9.17) is 11.6 Å². The molecule has 1 aromatic heterocycles. The summed E-state index contributed by atoms with van der Waals surface area (Å²) in [6.07, 6.45) is 0.937. The Kier molecular flexibility index (Phi) is 4.28. The van der Waals surface area contributed by atoms with Crippen LogP contribution in [0.15, 0.2) is 0 Å². The standard InChI is InChI=1S/C8H12ClN3OS/c1-3-5-12(4-2)7(13)6-10-11-8(9)14-6/h3-5H2,1-2H3. The zero-order valence-electron chi connectivity index (χ0n) is 8.16. The summed E-state index contributed by atoms with van der Waals surface area (Å²) in [5.41, 5.74) is 0. The average Bonchev–Trinajstić information content (AvgIpc) is 2.60. The van der Waals surface area contributed by atoms with Crippen molar-refractivity contribution in [3.05, 3.63) is 9.47 Å². The highest BCUT2D eigenvalue weighted by molar-refractivity contribution is 7.17. The van der Waals surface area contributed by atoms with Gasteiger partial charge in [-0.2, -0.15) is 0 Å². The van der Waals surface area contributed by atoms with Gasteiger partial charge in [-0.3, -0.25) is 4.79 Å². The first-order chi connectivity index (χ1) is 6.69. The van der Waals surface area contributed by atoms with Crippen molar-refractivity contribution >= 4 is 28.8 Å². The van der Waals surface area contributed by atoms with E-state index in [1.54, 1.807) is 4.90 Å². The molecule has 1 aromatic rings. The molecule has 14 heavy (non-hydrogen) atoms. The summed E-state index contributed by atoms with van der Waals surface area (Å²) >= 11 is 6.72. The van der Waals surface area contributed by atoms with Crippen LogP contribution in [0.3, 0.4) is 0 Å². The second-order valence-electron chi connectivity index (χ2n) is 2.74. The van der Waals surface area contributed by atoms with Gasteiger partial charge in [0.05, 0.1) is 0 Å². The van der Waals surface area contributed by atoms with Crippen LogP contribution in [0, 0.1) is 0 Å². The second-order valence-corrected chi connectivity index (χ2v) is 4.30. The Morgan fingerprint density at radius 3 is 2.64 bits per heavy atom. The van der Waals surface area contributed by atoms with Crippen molar-refractivity contribution in [3.63, 3.8) is 0 Å². The summed E-state index contributed by atoms with van der Waals surface area (Å²) in [6, 6.07) is 0. The van der Waals surface area contributed by atoms with Gasteiger partial charge in [-0.25, -0.2) is 0 Å². The lowest BCUT2D eigenvalue weighted by molar-refractivity contribution is 0.0763. The van der Waals surface area contributed by atoms with Gasteiger partial charge in [0.15, 0.2) is 0 Å². The third kappa shape index (κ3) is 2.65. The molecule has 0 aromatic carbocycles. The fraction of sp³-hybridized carbons (Fsp3) is 0.625. The zero-order chi connectivity index (χ0) is 10.6. The van der Waals surface area contributed by atoms with Gasteiger partial charge >= 0.3 is 0 Å². The first kappa shape index (κ1) is 11.4. The summed E-state index contributed by atoms with van der Waals surface area (Å²) in [7, 11) is 0. The largest absolute Gasteiger partial charge is 0.337 e. The average molecular weight is 234 g/mol. The molecule has 0 aliphatic carbocycles. The Morgan fingerprint density at radius 1 is 1.50 bits per heavy atom. The minimum atomic E-state index is -0.0845. The summed E-state index contributed by atoms with van der Waals surface area (Å²) in [5, 5.41) is 7.68. The monoisotopic (exact) mass is 233 g/mol. The lowest BCUT2D eigenvalue weighted by Gasteiger charge is -2.17. The van der Waals surface area contributed by atoms with Crippen LogP contribution in [0.2, 0.25) is 4.47 Å². The van der Waals surface area contributed by atoms with Crippen LogP contribution < -0.4 is 0 Å². The summed E-state index contributed by atoms with van der Waals surface area (Å²) < 4.78 is 0.306. The normalized spacial score (nSPS) is 10.2. The first-order valence-electron chi connectivity index (χ1n) is 4.47. The lowest BCUT2D eigenvalue weighted by Crippen LogP contribution is -2.31. The van der Waals surface area contributed by atoms with Gasteiger partial charge < -0.3 is 4.90 Å². The highest BCUT2D eigenvalue weighted by Gasteiger charge is 2.17. The molecule has 0 aliphatic rings. The predicted molar refractivity (Wildman–Crippen MR) is 56.8 cm³/mol. The number of aromatic nitrogens is 2. The molecule has 1 amide bonds. The molecule has 0 bridgehead atoms. The topological polar surface area (TPSA) is 46.1 Å². The van der Waals surface area contributed by atoms with Crippen LogP contribution >= 0.6 is 22.9 Å². The van der Waals surface area contributed by atoms with E-state index in [0.29, 0.717) is 16.0 Å². The Bertz CT molecular complexity index is 315. The van der Waals surface area contributed by atoms with Crippen molar-refractivity contribution in [2.24, 2.45) is 0 Å². The minimum Gasteiger partial charge on any atom is -0.337 e. The van der Waals surface area contributed by atoms with Crippen molar-refractivity contribution in [1.82, 2.24) is 15.1 Å². The van der Waals surface area contributed by atoms with E-state index in [9.17, 15) is 4.79 Å². The van der Waals surface area contributed by atoms with Crippen LogP contribution in [0.25, 0.3) is 0 Å². The van der Waals surface area contributed by atoms with E-state index in [1.165, 1.54) is 0 Å². The number of hydrogen-bond acceptors (Lipinski definition) is 4. The van der Waals surface area contributed by atoms with Crippen LogP contribution in [0.4, 0.5) is 0 Å². The van der Waals surface area contributed by atoms with E-state index in [1.807, 2.05) is 13.8 Å². The molecule has 0 atom stereocenters. The molecule has 0 saturated heterocycles. The van der Waals surface area contributed by atoms with Gasteiger partial charge in [-0.05, 0) is 24.9 Å². The summed E-state index contributed by atoms with van der Waals surface area (Å²) in [6.45, 7) is 5.40. The van der Waals surface area contributed by atoms with Gasteiger partial charge in [-0.1, -0.05) is 18.3 Å². The number of halogens is 1. The van der Waals surface area contributed by atoms with Gasteiger partial charge in [-0.15, -0.1) is 10.2 Å². The van der Waals surface area contributed by atoms with E-state index in [0.717, 1.165) is 24.3 Å².